The summed E-state index contributed by atoms with van der Waals surface area (Å²) in [6, 6.07) is 17.4. The molecule has 7 nitrogen and oxygen atoms in total. The molecule has 0 aliphatic carbocycles. The molecule has 0 saturated heterocycles. The normalized spacial score (nSPS) is 12.1. The highest BCUT2D eigenvalue weighted by atomic mass is 35.5. The maximum Gasteiger partial charge on any atom is 0.264 e. The number of rotatable bonds is 11. The third kappa shape index (κ3) is 7.69. The fourth-order valence-electron chi connectivity index (χ4n) is 3.85. The van der Waals surface area contributed by atoms with E-state index in [9.17, 15) is 18.0 Å². The summed E-state index contributed by atoms with van der Waals surface area (Å²) in [6.45, 7) is 5.17. The number of hydrogen-bond donors (Lipinski definition) is 1. The summed E-state index contributed by atoms with van der Waals surface area (Å²) in [5.74, 6) is -0.909. The van der Waals surface area contributed by atoms with E-state index in [1.807, 2.05) is 13.2 Å². The minimum Gasteiger partial charge on any atom is -0.355 e. The van der Waals surface area contributed by atoms with Gasteiger partial charge >= 0.3 is 0 Å². The van der Waals surface area contributed by atoms with Crippen LogP contribution in [0.2, 0.25) is 10.0 Å². The van der Waals surface area contributed by atoms with Gasteiger partial charge in [-0.3, -0.25) is 13.9 Å². The maximum absolute atomic E-state index is 13.9. The minimum atomic E-state index is -4.12. The molecule has 0 saturated carbocycles. The predicted octanol–water partition coefficient (Wildman–Crippen LogP) is 5.77. The zero-order chi connectivity index (χ0) is 28.7. The molecule has 0 spiro atoms. The molecule has 1 atom stereocenters. The highest BCUT2D eigenvalue weighted by Crippen LogP contribution is 2.27. The van der Waals surface area contributed by atoms with Crippen LogP contribution >= 0.6 is 35.0 Å². The predicted molar refractivity (Wildman–Crippen MR) is 159 cm³/mol. The van der Waals surface area contributed by atoms with Gasteiger partial charge in [0.15, 0.2) is 0 Å². The van der Waals surface area contributed by atoms with E-state index in [1.54, 1.807) is 68.4 Å². The first kappa shape index (κ1) is 30.8. The van der Waals surface area contributed by atoms with Gasteiger partial charge in [0.25, 0.3) is 10.0 Å². The second-order valence-electron chi connectivity index (χ2n) is 8.86. The van der Waals surface area contributed by atoms with Gasteiger partial charge in [0.05, 0.1) is 20.6 Å². The molecule has 3 rings (SSSR count). The van der Waals surface area contributed by atoms with Crippen molar-refractivity contribution in [2.24, 2.45) is 0 Å². The van der Waals surface area contributed by atoms with Gasteiger partial charge in [0.2, 0.25) is 11.8 Å². The molecule has 0 bridgehead atoms. The molecule has 208 valence electrons. The number of nitrogens with one attached hydrogen (secondary N) is 1. The smallest absolute Gasteiger partial charge is 0.264 e. The Bertz CT molecular complexity index is 1420. The molecule has 0 aliphatic heterocycles. The van der Waals surface area contributed by atoms with Crippen molar-refractivity contribution in [3.63, 3.8) is 0 Å². The number of nitrogens with zero attached hydrogens (tertiary/aromatic N) is 2. The highest BCUT2D eigenvalue weighted by Gasteiger charge is 2.32. The summed E-state index contributed by atoms with van der Waals surface area (Å²) < 4.78 is 28.8. The Morgan fingerprint density at radius 3 is 2.18 bits per heavy atom. The summed E-state index contributed by atoms with van der Waals surface area (Å²) in [5.41, 5.74) is 1.92. The van der Waals surface area contributed by atoms with Crippen LogP contribution < -0.4 is 9.62 Å². The lowest BCUT2D eigenvalue weighted by molar-refractivity contribution is -0.139. The molecule has 3 aromatic carbocycles. The molecule has 3 aromatic rings. The number of hydrogen-bond acceptors (Lipinski definition) is 5. The Hall–Kier alpha value is -2.72. The van der Waals surface area contributed by atoms with Gasteiger partial charge < -0.3 is 10.2 Å². The van der Waals surface area contributed by atoms with Crippen LogP contribution in [0, 0.1) is 6.92 Å². The standard InChI is InChI=1S/C28H31Cl2N3O4S2/c1-5-31-28(35)20(3)32(17-21-8-15-25(29)26(30)16-21)27(34)18-33(22-9-6-19(2)7-10-22)39(36,37)24-13-11-23(38-4)12-14-24/h6-16,20H,5,17-18H2,1-4H3,(H,31,35)/t20-/m0/s1. The van der Waals surface area contributed by atoms with Crippen molar-refractivity contribution in [3.05, 3.63) is 87.9 Å². The van der Waals surface area contributed by atoms with E-state index in [1.165, 1.54) is 28.8 Å². The van der Waals surface area contributed by atoms with Gasteiger partial charge in [-0.1, -0.05) is 47.0 Å². The van der Waals surface area contributed by atoms with Gasteiger partial charge in [0.1, 0.15) is 12.6 Å². The van der Waals surface area contributed by atoms with Crippen LogP contribution in [-0.2, 0) is 26.2 Å². The van der Waals surface area contributed by atoms with Crippen LogP contribution in [0.1, 0.15) is 25.0 Å². The lowest BCUT2D eigenvalue weighted by Crippen LogP contribution is -2.51. The SMILES string of the molecule is CCNC(=O)[C@H](C)N(Cc1ccc(Cl)c(Cl)c1)C(=O)CN(c1ccc(C)cc1)S(=O)(=O)c1ccc(SC)cc1. The maximum atomic E-state index is 13.9. The van der Waals surface area contributed by atoms with Crippen molar-refractivity contribution in [1.29, 1.82) is 0 Å². The Balaban J connectivity index is 2.03. The van der Waals surface area contributed by atoms with Crippen molar-refractivity contribution in [2.45, 2.75) is 43.1 Å². The fourth-order valence-corrected chi connectivity index (χ4v) is 6.00. The number of amides is 2. The number of anilines is 1. The number of aryl methyl sites for hydroxylation is 1. The monoisotopic (exact) mass is 607 g/mol. The first-order valence-corrected chi connectivity index (χ1v) is 15.6. The second kappa shape index (κ2) is 13.6. The summed E-state index contributed by atoms with van der Waals surface area (Å²) in [7, 11) is -4.12. The van der Waals surface area contributed by atoms with Gasteiger partial charge in [-0.2, -0.15) is 0 Å². The molecule has 0 heterocycles. The van der Waals surface area contributed by atoms with Gasteiger partial charge in [-0.15, -0.1) is 11.8 Å². The van der Waals surface area contributed by atoms with Crippen LogP contribution in [-0.4, -0.2) is 50.5 Å². The van der Waals surface area contributed by atoms with E-state index in [-0.39, 0.29) is 17.3 Å². The summed E-state index contributed by atoms with van der Waals surface area (Å²) >= 11 is 13.7. The van der Waals surface area contributed by atoms with E-state index in [0.29, 0.717) is 27.8 Å². The van der Waals surface area contributed by atoms with E-state index in [0.717, 1.165) is 14.8 Å². The molecule has 0 aromatic heterocycles. The largest absolute Gasteiger partial charge is 0.355 e. The number of likely N-dealkylation sites (N-methyl/N-ethyl adjacent to an activating group) is 1. The fraction of sp³-hybridized carbons (Fsp3) is 0.286. The van der Waals surface area contributed by atoms with Crippen LogP contribution in [0.25, 0.3) is 0 Å². The number of halogens is 2. The van der Waals surface area contributed by atoms with E-state index in [4.69, 9.17) is 23.2 Å². The van der Waals surface area contributed by atoms with E-state index >= 15 is 0 Å². The molecule has 0 unspecified atom stereocenters. The third-order valence-corrected chi connectivity index (χ3v) is 9.37. The first-order chi connectivity index (χ1) is 18.5. The minimum absolute atomic E-state index is 0.0260. The van der Waals surface area contributed by atoms with Crippen LogP contribution in [0.5, 0.6) is 0 Å². The van der Waals surface area contributed by atoms with Crippen molar-refractivity contribution >= 4 is 62.5 Å². The van der Waals surface area contributed by atoms with Crippen LogP contribution in [0.15, 0.2) is 76.5 Å². The average molecular weight is 609 g/mol. The topological polar surface area (TPSA) is 86.8 Å². The third-order valence-electron chi connectivity index (χ3n) is 6.10. The van der Waals surface area contributed by atoms with Crippen LogP contribution in [0.4, 0.5) is 5.69 Å². The van der Waals surface area contributed by atoms with Crippen molar-refractivity contribution in [2.75, 3.05) is 23.7 Å². The summed E-state index contributed by atoms with van der Waals surface area (Å²) in [5, 5.41) is 3.40. The molecule has 0 fully saturated rings. The summed E-state index contributed by atoms with van der Waals surface area (Å²) in [4.78, 5) is 29.0. The van der Waals surface area contributed by atoms with Crippen molar-refractivity contribution < 1.29 is 18.0 Å². The van der Waals surface area contributed by atoms with Gasteiger partial charge in [-0.25, -0.2) is 8.42 Å². The number of carbonyl (C=O) groups excluding carboxylic acids is 2. The Morgan fingerprint density at radius 2 is 1.62 bits per heavy atom. The number of carbonyl (C=O) groups is 2. The molecule has 2 amide bonds. The molecular weight excluding hydrogens is 577 g/mol. The molecule has 11 heteroatoms. The second-order valence-corrected chi connectivity index (χ2v) is 12.4. The lowest BCUT2D eigenvalue weighted by atomic mass is 10.1. The number of thioether (sulfide) groups is 1. The number of sulfonamides is 1. The molecule has 0 aliphatic rings. The van der Waals surface area contributed by atoms with Gasteiger partial charge in [-0.05, 0) is 81.1 Å². The van der Waals surface area contributed by atoms with Gasteiger partial charge in [0, 0.05) is 18.0 Å². The highest BCUT2D eigenvalue weighted by molar-refractivity contribution is 7.98. The average Bonchev–Trinajstić information content (AvgIpc) is 2.92. The zero-order valence-corrected chi connectivity index (χ0v) is 25.3. The Morgan fingerprint density at radius 1 is 0.974 bits per heavy atom. The van der Waals surface area contributed by atoms with Crippen molar-refractivity contribution in [1.82, 2.24) is 10.2 Å². The molecule has 1 N–H and O–H groups in total. The Labute approximate surface area is 244 Å². The number of benzene rings is 3. The van der Waals surface area contributed by atoms with E-state index < -0.39 is 28.5 Å². The van der Waals surface area contributed by atoms with Crippen molar-refractivity contribution in [3.8, 4) is 0 Å². The summed E-state index contributed by atoms with van der Waals surface area (Å²) in [6.07, 6.45) is 1.90. The van der Waals surface area contributed by atoms with Crippen LogP contribution in [0.3, 0.4) is 0 Å². The van der Waals surface area contributed by atoms with E-state index in [2.05, 4.69) is 5.32 Å². The zero-order valence-electron chi connectivity index (χ0n) is 22.1. The molecular formula is C28H31Cl2N3O4S2. The molecule has 39 heavy (non-hydrogen) atoms. The first-order valence-electron chi connectivity index (χ1n) is 12.2. The Kier molecular flexibility index (Phi) is 10.7. The molecule has 0 radical (unpaired) electrons. The lowest BCUT2D eigenvalue weighted by Gasteiger charge is -2.32. The quantitative estimate of drug-likeness (QED) is 0.279.